The predicted octanol–water partition coefficient (Wildman–Crippen LogP) is 17.9. The highest BCUT2D eigenvalue weighted by atomic mass is 19.4. The van der Waals surface area contributed by atoms with Gasteiger partial charge >= 0.3 is 6.36 Å². The van der Waals surface area contributed by atoms with Crippen molar-refractivity contribution in [1.82, 2.24) is 0 Å². The first-order chi connectivity index (χ1) is 32.0. The van der Waals surface area contributed by atoms with E-state index in [9.17, 15) is 22.0 Å². The SMILES string of the molecule is CCC1CCC(C2CCC(c3cccc(OCc4ccc(F)c(F)c4)c3)CC2)CC1.CCCCCC1CCC(C2CCC(c3cccc(OCc4ccc(OC(F)(F)F)cc4)c3)CC2)CC1. The van der Waals surface area contributed by atoms with Crippen LogP contribution in [0.4, 0.5) is 22.0 Å². The normalized spacial score (nSPS) is 25.9. The molecular formula is C58H75F5O3. The smallest absolute Gasteiger partial charge is 0.489 e. The molecule has 66 heavy (non-hydrogen) atoms. The Kier molecular flexibility index (Phi) is 18.7. The second kappa shape index (κ2) is 24.8. The molecule has 360 valence electrons. The number of benzene rings is 4. The van der Waals surface area contributed by atoms with E-state index in [1.807, 2.05) is 18.2 Å². The first kappa shape index (κ1) is 49.8. The van der Waals surface area contributed by atoms with Crippen LogP contribution in [0.2, 0.25) is 0 Å². The van der Waals surface area contributed by atoms with Gasteiger partial charge in [-0.15, -0.1) is 13.2 Å². The minimum atomic E-state index is -4.68. The van der Waals surface area contributed by atoms with E-state index in [1.165, 1.54) is 164 Å². The summed E-state index contributed by atoms with van der Waals surface area (Å²) in [6.45, 7) is 5.18. The van der Waals surface area contributed by atoms with Crippen LogP contribution in [0.5, 0.6) is 17.2 Å². The van der Waals surface area contributed by atoms with Crippen molar-refractivity contribution in [2.45, 2.75) is 180 Å². The summed E-state index contributed by atoms with van der Waals surface area (Å²) in [5.74, 6) is 6.63. The third-order valence-corrected chi connectivity index (χ3v) is 16.1. The maximum atomic E-state index is 13.4. The number of unbranched alkanes of at least 4 members (excludes halogenated alkanes) is 2. The van der Waals surface area contributed by atoms with Gasteiger partial charge in [-0.3, -0.25) is 0 Å². The van der Waals surface area contributed by atoms with Gasteiger partial charge in [0.15, 0.2) is 11.6 Å². The zero-order valence-corrected chi connectivity index (χ0v) is 39.7. The van der Waals surface area contributed by atoms with Gasteiger partial charge in [-0.2, -0.15) is 0 Å². The number of halogens is 5. The average molecular weight is 915 g/mol. The molecule has 0 atom stereocenters. The van der Waals surface area contributed by atoms with Crippen molar-refractivity contribution in [1.29, 1.82) is 0 Å². The molecule has 0 aromatic heterocycles. The Hall–Kier alpha value is -4.07. The van der Waals surface area contributed by atoms with Crippen molar-refractivity contribution in [2.75, 3.05) is 0 Å². The molecule has 0 spiro atoms. The lowest BCUT2D eigenvalue weighted by atomic mass is 9.68. The van der Waals surface area contributed by atoms with Crippen molar-refractivity contribution < 1.29 is 36.2 Å². The van der Waals surface area contributed by atoms with Gasteiger partial charge in [0.25, 0.3) is 0 Å². The summed E-state index contributed by atoms with van der Waals surface area (Å²) in [6, 6.07) is 26.5. The van der Waals surface area contributed by atoms with Gasteiger partial charge in [-0.05, 0) is 195 Å². The lowest BCUT2D eigenvalue weighted by Crippen LogP contribution is -2.25. The van der Waals surface area contributed by atoms with Crippen LogP contribution in [0.1, 0.15) is 183 Å². The van der Waals surface area contributed by atoms with Crippen LogP contribution in [0.3, 0.4) is 0 Å². The Morgan fingerprint density at radius 3 is 1.41 bits per heavy atom. The third kappa shape index (κ3) is 15.2. The molecular weight excluding hydrogens is 840 g/mol. The number of ether oxygens (including phenoxy) is 3. The molecule has 4 aliphatic carbocycles. The van der Waals surface area contributed by atoms with Crippen molar-refractivity contribution in [3.8, 4) is 17.2 Å². The topological polar surface area (TPSA) is 27.7 Å². The zero-order valence-electron chi connectivity index (χ0n) is 39.7. The van der Waals surface area contributed by atoms with E-state index in [0.29, 0.717) is 24.0 Å². The van der Waals surface area contributed by atoms with Gasteiger partial charge in [0.2, 0.25) is 0 Å². The van der Waals surface area contributed by atoms with Gasteiger partial charge in [-0.25, -0.2) is 8.78 Å². The maximum absolute atomic E-state index is 13.4. The van der Waals surface area contributed by atoms with E-state index in [1.54, 1.807) is 18.2 Å². The van der Waals surface area contributed by atoms with Crippen LogP contribution in [-0.2, 0) is 13.2 Å². The monoisotopic (exact) mass is 915 g/mol. The molecule has 0 saturated heterocycles. The Morgan fingerprint density at radius 2 is 0.939 bits per heavy atom. The summed E-state index contributed by atoms with van der Waals surface area (Å²) in [5.41, 5.74) is 4.14. The number of hydrogen-bond donors (Lipinski definition) is 0. The first-order valence-electron chi connectivity index (χ1n) is 25.8. The van der Waals surface area contributed by atoms with Gasteiger partial charge in [0.05, 0.1) is 0 Å². The van der Waals surface area contributed by atoms with E-state index in [4.69, 9.17) is 9.47 Å². The average Bonchev–Trinajstić information content (AvgIpc) is 3.34. The molecule has 4 fully saturated rings. The van der Waals surface area contributed by atoms with E-state index in [2.05, 4.69) is 48.9 Å². The van der Waals surface area contributed by atoms with Gasteiger partial charge in [0, 0.05) is 0 Å². The van der Waals surface area contributed by atoms with Crippen molar-refractivity contribution >= 4 is 0 Å². The number of hydrogen-bond acceptors (Lipinski definition) is 3. The molecule has 8 rings (SSSR count). The molecule has 4 aliphatic rings. The Bertz CT molecular complexity index is 2020. The summed E-state index contributed by atoms with van der Waals surface area (Å²) < 4.78 is 79.2. The standard InChI is InChI=1S/C31H41F3O2.C27H34F2O/c1-2-3-4-6-23-9-13-25(14-10-23)26-15-17-27(18-16-26)28-7-5-8-30(21-28)35-22-24-11-19-29(20-12-24)36-31(32,33)34;1-2-19-6-9-21(10-7-19)22-11-13-23(14-12-22)24-4-3-5-25(17-24)30-18-20-8-15-26(28)27(29)16-20/h5,7-8,11-12,19-21,23,25-27H,2-4,6,9-10,13-18,22H2,1H3;3-5,8,15-17,19,21-23H,2,6-7,9-14,18H2,1H3. The molecule has 0 radical (unpaired) electrons. The lowest BCUT2D eigenvalue weighted by Gasteiger charge is -2.38. The Labute approximate surface area is 392 Å². The second-order valence-corrected chi connectivity index (χ2v) is 20.4. The summed E-state index contributed by atoms with van der Waals surface area (Å²) in [4.78, 5) is 0. The predicted molar refractivity (Wildman–Crippen MR) is 256 cm³/mol. The fourth-order valence-corrected chi connectivity index (χ4v) is 12.0. The van der Waals surface area contributed by atoms with Crippen LogP contribution >= 0.6 is 0 Å². The van der Waals surface area contributed by atoms with Gasteiger partial charge in [-0.1, -0.05) is 114 Å². The molecule has 0 unspecified atom stereocenters. The highest BCUT2D eigenvalue weighted by molar-refractivity contribution is 5.33. The molecule has 0 heterocycles. The third-order valence-electron chi connectivity index (χ3n) is 16.1. The lowest BCUT2D eigenvalue weighted by molar-refractivity contribution is -0.274. The van der Waals surface area contributed by atoms with Crippen LogP contribution in [0, 0.1) is 47.1 Å². The van der Waals surface area contributed by atoms with Crippen molar-refractivity contribution in [3.63, 3.8) is 0 Å². The van der Waals surface area contributed by atoms with Gasteiger partial charge in [0.1, 0.15) is 30.5 Å². The molecule has 0 N–H and O–H groups in total. The highest BCUT2D eigenvalue weighted by Gasteiger charge is 2.33. The molecule has 0 aliphatic heterocycles. The molecule has 0 amide bonds. The Balaban J connectivity index is 0.000000199. The molecule has 8 heteroatoms. The summed E-state index contributed by atoms with van der Waals surface area (Å²) in [5, 5.41) is 0. The molecule has 4 aromatic rings. The Morgan fingerprint density at radius 1 is 0.470 bits per heavy atom. The van der Waals surface area contributed by atoms with Crippen molar-refractivity contribution in [2.24, 2.45) is 35.5 Å². The zero-order chi connectivity index (χ0) is 46.3. The number of alkyl halides is 3. The minimum absolute atomic E-state index is 0.219. The maximum Gasteiger partial charge on any atom is 0.573 e. The first-order valence-corrected chi connectivity index (χ1v) is 25.8. The molecule has 3 nitrogen and oxygen atoms in total. The van der Waals surface area contributed by atoms with Crippen LogP contribution in [0.25, 0.3) is 0 Å². The second-order valence-electron chi connectivity index (χ2n) is 20.4. The molecule has 4 aromatic carbocycles. The van der Waals surface area contributed by atoms with Gasteiger partial charge < -0.3 is 14.2 Å². The fourth-order valence-electron chi connectivity index (χ4n) is 12.0. The van der Waals surface area contributed by atoms with E-state index in [0.717, 1.165) is 58.6 Å². The highest BCUT2D eigenvalue weighted by Crippen LogP contribution is 2.46. The molecule has 0 bridgehead atoms. The summed E-state index contributed by atoms with van der Waals surface area (Å²) >= 11 is 0. The molecule has 4 saturated carbocycles. The van der Waals surface area contributed by atoms with Crippen LogP contribution < -0.4 is 14.2 Å². The van der Waals surface area contributed by atoms with Crippen molar-refractivity contribution in [3.05, 3.63) is 125 Å². The van der Waals surface area contributed by atoms with Crippen LogP contribution in [-0.4, -0.2) is 6.36 Å². The van der Waals surface area contributed by atoms with Crippen LogP contribution in [0.15, 0.2) is 91.0 Å². The van der Waals surface area contributed by atoms with E-state index >= 15 is 0 Å². The summed E-state index contributed by atoms with van der Waals surface area (Å²) in [7, 11) is 0. The van der Waals surface area contributed by atoms with E-state index < -0.39 is 18.0 Å². The minimum Gasteiger partial charge on any atom is -0.489 e. The fraction of sp³-hybridized carbons (Fsp3) is 0.586. The largest absolute Gasteiger partial charge is 0.573 e. The van der Waals surface area contributed by atoms with E-state index in [-0.39, 0.29) is 12.4 Å². The number of rotatable bonds is 16. The quantitative estimate of drug-likeness (QED) is 0.0828. The summed E-state index contributed by atoms with van der Waals surface area (Å²) in [6.07, 6.45) is 24.3.